The molecule has 0 aromatic rings. The summed E-state index contributed by atoms with van der Waals surface area (Å²) in [5.74, 6) is 5.63. The van der Waals surface area contributed by atoms with Crippen LogP contribution in [0.5, 0.6) is 0 Å². The van der Waals surface area contributed by atoms with E-state index in [4.69, 9.17) is 4.74 Å². The number of ether oxygens (including phenoxy) is 1. The molecule has 0 aromatic carbocycles. The lowest BCUT2D eigenvalue weighted by atomic mass is 9.47. The normalized spacial score (nSPS) is 45.3. The van der Waals surface area contributed by atoms with Crippen LogP contribution in [0.15, 0.2) is 11.6 Å². The fourth-order valence-electron chi connectivity index (χ4n) is 8.85. The molecule has 0 aromatic heterocycles. The maximum absolute atomic E-state index is 5.75. The standard InChI is InChI=1S/C28H48O/c1-19(2)8-7-9-20(3)24-12-13-25-23-11-10-21-18-22(29-6)14-16-27(21,4)26(23)15-17-28(24,25)5/h10,19-20,22-26H,7-9,11-18H2,1-6H3/t20?,22?,23-,24?,25-,26+,27-,28+/m0/s1. The van der Waals surface area contributed by atoms with Crippen molar-refractivity contribution in [2.24, 2.45) is 46.3 Å². The van der Waals surface area contributed by atoms with Crippen molar-refractivity contribution in [1.29, 1.82) is 0 Å². The second kappa shape index (κ2) is 8.33. The minimum absolute atomic E-state index is 0.472. The van der Waals surface area contributed by atoms with Gasteiger partial charge in [0.05, 0.1) is 6.10 Å². The Hall–Kier alpha value is -0.300. The molecule has 4 aliphatic carbocycles. The van der Waals surface area contributed by atoms with Gasteiger partial charge in [-0.25, -0.2) is 0 Å². The first-order chi connectivity index (χ1) is 13.8. The molecule has 4 aliphatic rings. The van der Waals surface area contributed by atoms with Gasteiger partial charge in [0.1, 0.15) is 0 Å². The van der Waals surface area contributed by atoms with Gasteiger partial charge in [-0.3, -0.25) is 0 Å². The Labute approximate surface area is 181 Å². The van der Waals surface area contributed by atoms with E-state index in [0.717, 1.165) is 35.5 Å². The van der Waals surface area contributed by atoms with Crippen molar-refractivity contribution < 1.29 is 4.74 Å². The summed E-state index contributed by atoms with van der Waals surface area (Å²) < 4.78 is 5.75. The average molecular weight is 401 g/mol. The third-order valence-corrected chi connectivity index (χ3v) is 10.6. The van der Waals surface area contributed by atoms with E-state index < -0.39 is 0 Å². The Morgan fingerprint density at radius 1 is 1.00 bits per heavy atom. The third-order valence-electron chi connectivity index (χ3n) is 10.6. The van der Waals surface area contributed by atoms with Crippen molar-refractivity contribution in [1.82, 2.24) is 0 Å². The molecule has 0 saturated heterocycles. The molecule has 0 spiro atoms. The molecule has 1 nitrogen and oxygen atoms in total. The molecule has 3 saturated carbocycles. The number of hydrogen-bond acceptors (Lipinski definition) is 1. The molecule has 3 unspecified atom stereocenters. The molecule has 0 aliphatic heterocycles. The fraction of sp³-hybridized carbons (Fsp3) is 0.929. The summed E-state index contributed by atoms with van der Waals surface area (Å²) in [4.78, 5) is 0. The summed E-state index contributed by atoms with van der Waals surface area (Å²) >= 11 is 0. The quantitative estimate of drug-likeness (QED) is 0.410. The largest absolute Gasteiger partial charge is 0.381 e. The van der Waals surface area contributed by atoms with Crippen molar-refractivity contribution in [2.75, 3.05) is 7.11 Å². The lowest BCUT2D eigenvalue weighted by Crippen LogP contribution is -2.50. The zero-order valence-corrected chi connectivity index (χ0v) is 20.3. The van der Waals surface area contributed by atoms with Crippen molar-refractivity contribution in [3.05, 3.63) is 11.6 Å². The molecular weight excluding hydrogens is 352 g/mol. The summed E-state index contributed by atoms with van der Waals surface area (Å²) in [5, 5.41) is 0. The topological polar surface area (TPSA) is 9.23 Å². The molecule has 166 valence electrons. The molecule has 29 heavy (non-hydrogen) atoms. The van der Waals surface area contributed by atoms with E-state index in [9.17, 15) is 0 Å². The van der Waals surface area contributed by atoms with Gasteiger partial charge in [-0.15, -0.1) is 0 Å². The third kappa shape index (κ3) is 3.77. The van der Waals surface area contributed by atoms with Gasteiger partial charge in [0.15, 0.2) is 0 Å². The van der Waals surface area contributed by atoms with Gasteiger partial charge in [0, 0.05) is 7.11 Å². The SMILES string of the molecule is COC1CC[C@@]2(C)C(=CC[C@@H]3[C@H]2CC[C@]2(C)C(C(C)CCCC(C)C)CC[C@@H]32)C1. The van der Waals surface area contributed by atoms with Crippen LogP contribution in [0.4, 0.5) is 0 Å². The molecule has 3 fully saturated rings. The van der Waals surface area contributed by atoms with Gasteiger partial charge < -0.3 is 4.74 Å². The van der Waals surface area contributed by atoms with E-state index >= 15 is 0 Å². The molecule has 0 heterocycles. The van der Waals surface area contributed by atoms with Crippen LogP contribution in [0.25, 0.3) is 0 Å². The second-order valence-corrected chi connectivity index (χ2v) is 12.4. The fourth-order valence-corrected chi connectivity index (χ4v) is 8.85. The number of hydrogen-bond donors (Lipinski definition) is 0. The van der Waals surface area contributed by atoms with Crippen LogP contribution < -0.4 is 0 Å². The summed E-state index contributed by atoms with van der Waals surface area (Å²) in [6.45, 7) is 12.7. The van der Waals surface area contributed by atoms with E-state index in [-0.39, 0.29) is 0 Å². The molecular formula is C28H48O. The average Bonchev–Trinajstić information content (AvgIpc) is 3.04. The second-order valence-electron chi connectivity index (χ2n) is 12.4. The molecule has 0 amide bonds. The highest BCUT2D eigenvalue weighted by Crippen LogP contribution is 2.67. The summed E-state index contributed by atoms with van der Waals surface area (Å²) in [5.41, 5.74) is 2.85. The van der Waals surface area contributed by atoms with Crippen molar-refractivity contribution in [3.63, 3.8) is 0 Å². The lowest BCUT2D eigenvalue weighted by Gasteiger charge is -2.58. The van der Waals surface area contributed by atoms with Crippen LogP contribution in [-0.2, 0) is 4.74 Å². The van der Waals surface area contributed by atoms with Crippen LogP contribution in [-0.4, -0.2) is 13.2 Å². The lowest BCUT2D eigenvalue weighted by molar-refractivity contribution is -0.0601. The first-order valence-electron chi connectivity index (χ1n) is 13.0. The van der Waals surface area contributed by atoms with Crippen LogP contribution in [0.1, 0.15) is 105 Å². The van der Waals surface area contributed by atoms with Crippen LogP contribution in [0.2, 0.25) is 0 Å². The summed E-state index contributed by atoms with van der Waals surface area (Å²) in [6, 6.07) is 0. The van der Waals surface area contributed by atoms with Crippen LogP contribution in [0, 0.1) is 46.3 Å². The minimum Gasteiger partial charge on any atom is -0.381 e. The molecule has 8 atom stereocenters. The van der Waals surface area contributed by atoms with E-state index in [1.54, 1.807) is 5.57 Å². The number of methoxy groups -OCH3 is 1. The van der Waals surface area contributed by atoms with E-state index in [1.165, 1.54) is 70.6 Å². The minimum atomic E-state index is 0.472. The number of allylic oxidation sites excluding steroid dienone is 1. The van der Waals surface area contributed by atoms with E-state index in [0.29, 0.717) is 16.9 Å². The van der Waals surface area contributed by atoms with E-state index in [2.05, 4.69) is 40.7 Å². The Kier molecular flexibility index (Phi) is 6.29. The van der Waals surface area contributed by atoms with Gasteiger partial charge in [-0.05, 0) is 97.7 Å². The zero-order valence-electron chi connectivity index (χ0n) is 20.3. The van der Waals surface area contributed by atoms with Crippen molar-refractivity contribution >= 4 is 0 Å². The highest BCUT2D eigenvalue weighted by Gasteiger charge is 2.59. The Morgan fingerprint density at radius 2 is 1.79 bits per heavy atom. The molecule has 1 heteroatoms. The Morgan fingerprint density at radius 3 is 2.52 bits per heavy atom. The first kappa shape index (κ1) is 21.9. The zero-order chi connectivity index (χ0) is 20.8. The molecule has 4 rings (SSSR count). The molecule has 0 bridgehead atoms. The molecule has 0 radical (unpaired) electrons. The first-order valence-corrected chi connectivity index (χ1v) is 13.0. The monoisotopic (exact) mass is 400 g/mol. The van der Waals surface area contributed by atoms with E-state index in [1.807, 2.05) is 7.11 Å². The predicted octanol–water partition coefficient (Wildman–Crippen LogP) is 8.04. The Balaban J connectivity index is 1.48. The van der Waals surface area contributed by atoms with Gasteiger partial charge in [0.2, 0.25) is 0 Å². The predicted molar refractivity (Wildman–Crippen MR) is 124 cm³/mol. The maximum Gasteiger partial charge on any atom is 0.0608 e. The Bertz CT molecular complexity index is 605. The highest BCUT2D eigenvalue weighted by atomic mass is 16.5. The van der Waals surface area contributed by atoms with Gasteiger partial charge in [-0.2, -0.15) is 0 Å². The number of fused-ring (bicyclic) bond motifs is 5. The number of rotatable bonds is 6. The molecule has 0 N–H and O–H groups in total. The highest BCUT2D eigenvalue weighted by molar-refractivity contribution is 5.25. The van der Waals surface area contributed by atoms with Crippen molar-refractivity contribution in [2.45, 2.75) is 111 Å². The van der Waals surface area contributed by atoms with Gasteiger partial charge >= 0.3 is 0 Å². The van der Waals surface area contributed by atoms with Crippen LogP contribution in [0.3, 0.4) is 0 Å². The van der Waals surface area contributed by atoms with Gasteiger partial charge in [0.25, 0.3) is 0 Å². The van der Waals surface area contributed by atoms with Crippen LogP contribution >= 0.6 is 0 Å². The van der Waals surface area contributed by atoms with Crippen molar-refractivity contribution in [3.8, 4) is 0 Å². The maximum atomic E-state index is 5.75. The smallest absolute Gasteiger partial charge is 0.0608 e. The van der Waals surface area contributed by atoms with Gasteiger partial charge in [-0.1, -0.05) is 65.5 Å². The summed E-state index contributed by atoms with van der Waals surface area (Å²) in [7, 11) is 1.91. The summed E-state index contributed by atoms with van der Waals surface area (Å²) in [6.07, 6.45) is 18.7.